The molecule has 4 aromatic rings. The Morgan fingerprint density at radius 1 is 1.18 bits per heavy atom. The van der Waals surface area contributed by atoms with E-state index in [2.05, 4.69) is 53.6 Å². The summed E-state index contributed by atoms with van der Waals surface area (Å²) in [6.45, 7) is 3.67. The first-order chi connectivity index (χ1) is 19.3. The molecule has 0 atom stereocenters. The number of H-pyrrole nitrogens is 1. The van der Waals surface area contributed by atoms with Gasteiger partial charge in [0.2, 0.25) is 0 Å². The van der Waals surface area contributed by atoms with Crippen molar-refractivity contribution in [2.24, 2.45) is 7.05 Å². The average Bonchev–Trinajstić information content (AvgIpc) is 3.62. The molecular weight excluding hydrogens is 576 g/mol. The number of ether oxygens (including phenoxy) is 1. The lowest BCUT2D eigenvalue weighted by atomic mass is 9.87. The van der Waals surface area contributed by atoms with Crippen molar-refractivity contribution in [1.82, 2.24) is 24.9 Å². The summed E-state index contributed by atoms with van der Waals surface area (Å²) < 4.78 is 13.8. The van der Waals surface area contributed by atoms with Crippen LogP contribution in [0.4, 0.5) is 11.5 Å². The SMILES string of the molecule is CC#CC(=O)N(c1ccc2c(n1)c(OC1CCC(c3noc(=O)[nH]3)CC1)nn2C)c1cc(C)c(Br)cc1C1CC1. The molecule has 2 saturated carbocycles. The Labute approximate surface area is 239 Å². The number of aromatic amines is 1. The minimum absolute atomic E-state index is 0.0577. The second-order valence-electron chi connectivity index (χ2n) is 10.5. The molecule has 40 heavy (non-hydrogen) atoms. The second-order valence-corrected chi connectivity index (χ2v) is 11.3. The Bertz CT molecular complexity index is 1720. The van der Waals surface area contributed by atoms with Crippen LogP contribution in [0.2, 0.25) is 0 Å². The molecule has 206 valence electrons. The number of benzene rings is 1. The van der Waals surface area contributed by atoms with E-state index < -0.39 is 5.76 Å². The highest BCUT2D eigenvalue weighted by Crippen LogP contribution is 2.47. The highest BCUT2D eigenvalue weighted by Gasteiger charge is 2.32. The number of amides is 1. The molecule has 1 aromatic carbocycles. The van der Waals surface area contributed by atoms with Crippen LogP contribution in [0.25, 0.3) is 11.0 Å². The van der Waals surface area contributed by atoms with Crippen LogP contribution in [0.1, 0.15) is 74.2 Å². The average molecular weight is 605 g/mol. The van der Waals surface area contributed by atoms with Crippen molar-refractivity contribution in [1.29, 1.82) is 0 Å². The van der Waals surface area contributed by atoms with Gasteiger partial charge in [-0.2, -0.15) is 0 Å². The zero-order chi connectivity index (χ0) is 28.0. The van der Waals surface area contributed by atoms with Crippen LogP contribution in [0, 0.1) is 18.8 Å². The van der Waals surface area contributed by atoms with Crippen molar-refractivity contribution >= 4 is 44.4 Å². The van der Waals surface area contributed by atoms with Crippen LogP contribution in [-0.2, 0) is 11.8 Å². The second kappa shape index (κ2) is 10.6. The van der Waals surface area contributed by atoms with Gasteiger partial charge in [0.15, 0.2) is 11.3 Å². The van der Waals surface area contributed by atoms with Gasteiger partial charge >= 0.3 is 11.7 Å². The van der Waals surface area contributed by atoms with Crippen molar-refractivity contribution in [3.63, 3.8) is 0 Å². The molecule has 0 bridgehead atoms. The number of anilines is 2. The van der Waals surface area contributed by atoms with E-state index in [1.165, 1.54) is 0 Å². The molecule has 2 fully saturated rings. The van der Waals surface area contributed by atoms with Gasteiger partial charge in [0.1, 0.15) is 11.9 Å². The Balaban J connectivity index is 1.33. The molecule has 11 heteroatoms. The molecule has 0 radical (unpaired) electrons. The molecule has 10 nitrogen and oxygen atoms in total. The summed E-state index contributed by atoms with van der Waals surface area (Å²) in [4.78, 5) is 34.0. The van der Waals surface area contributed by atoms with Gasteiger partial charge in [-0.05, 0) is 99.6 Å². The third-order valence-electron chi connectivity index (χ3n) is 7.68. The van der Waals surface area contributed by atoms with Crippen LogP contribution in [0.5, 0.6) is 5.88 Å². The minimum Gasteiger partial charge on any atom is -0.472 e. The van der Waals surface area contributed by atoms with Crippen molar-refractivity contribution < 1.29 is 14.1 Å². The number of nitrogens with one attached hydrogen (secondary N) is 1. The van der Waals surface area contributed by atoms with Crippen LogP contribution < -0.4 is 15.4 Å². The summed E-state index contributed by atoms with van der Waals surface area (Å²) in [5.41, 5.74) is 4.33. The number of fused-ring (bicyclic) bond motifs is 1. The maximum Gasteiger partial charge on any atom is 0.438 e. The van der Waals surface area contributed by atoms with E-state index in [4.69, 9.17) is 9.72 Å². The number of halogens is 1. The molecule has 6 rings (SSSR count). The molecule has 2 aliphatic carbocycles. The number of rotatable bonds is 6. The largest absolute Gasteiger partial charge is 0.472 e. The number of aryl methyl sites for hydroxylation is 2. The van der Waals surface area contributed by atoms with Crippen molar-refractivity contribution in [2.45, 2.75) is 70.3 Å². The summed E-state index contributed by atoms with van der Waals surface area (Å²) in [6, 6.07) is 7.89. The topological polar surface area (TPSA) is 119 Å². The monoisotopic (exact) mass is 604 g/mol. The van der Waals surface area contributed by atoms with Gasteiger partial charge in [0.05, 0.1) is 11.2 Å². The number of hydrogen-bond acceptors (Lipinski definition) is 7. The first-order valence-corrected chi connectivity index (χ1v) is 14.2. The van der Waals surface area contributed by atoms with Crippen molar-refractivity contribution in [3.05, 3.63) is 56.2 Å². The molecular formula is C29H29BrN6O4. The first kappa shape index (κ1) is 26.3. The van der Waals surface area contributed by atoms with Gasteiger partial charge in [-0.15, -0.1) is 5.10 Å². The molecule has 1 amide bonds. The number of nitrogens with zero attached hydrogens (tertiary/aromatic N) is 5. The molecule has 2 aliphatic rings. The quantitative estimate of drug-likeness (QED) is 0.293. The lowest BCUT2D eigenvalue weighted by Gasteiger charge is -2.26. The molecule has 3 aromatic heterocycles. The van der Waals surface area contributed by atoms with E-state index >= 15 is 0 Å². The number of carbonyl (C=O) groups is 1. The Morgan fingerprint density at radius 2 is 1.93 bits per heavy atom. The highest BCUT2D eigenvalue weighted by atomic mass is 79.9. The summed E-state index contributed by atoms with van der Waals surface area (Å²) in [7, 11) is 1.85. The van der Waals surface area contributed by atoms with Crippen LogP contribution in [-0.4, -0.2) is 36.9 Å². The Morgan fingerprint density at radius 3 is 2.60 bits per heavy atom. The number of carbonyl (C=O) groups excluding carboxylic acids is 1. The van der Waals surface area contributed by atoms with E-state index in [0.29, 0.717) is 29.0 Å². The summed E-state index contributed by atoms with van der Waals surface area (Å²) in [6.07, 6.45) is 5.28. The zero-order valence-corrected chi connectivity index (χ0v) is 24.1. The van der Waals surface area contributed by atoms with E-state index in [0.717, 1.165) is 65.3 Å². The fourth-order valence-electron chi connectivity index (χ4n) is 5.43. The smallest absolute Gasteiger partial charge is 0.438 e. The molecule has 1 N–H and O–H groups in total. The van der Waals surface area contributed by atoms with Crippen LogP contribution in [0.3, 0.4) is 0 Å². The maximum absolute atomic E-state index is 13.4. The minimum atomic E-state index is -0.532. The third kappa shape index (κ3) is 5.04. The first-order valence-electron chi connectivity index (χ1n) is 13.5. The summed E-state index contributed by atoms with van der Waals surface area (Å²) in [5.74, 6) is 6.63. The van der Waals surface area contributed by atoms with Gasteiger partial charge < -0.3 is 4.74 Å². The lowest BCUT2D eigenvalue weighted by molar-refractivity contribution is -0.112. The van der Waals surface area contributed by atoms with E-state index in [9.17, 15) is 9.59 Å². The third-order valence-corrected chi connectivity index (χ3v) is 8.53. The molecule has 0 saturated heterocycles. The Kier molecular flexibility index (Phi) is 6.96. The van der Waals surface area contributed by atoms with E-state index in [1.54, 1.807) is 16.5 Å². The standard InChI is InChI=1S/C29H29BrN6O4/c1-4-5-25(37)36(23-14-16(2)21(30)15-20(23)17-6-7-17)24-13-12-22-26(31-24)28(33-35(22)3)39-19-10-8-18(9-11-19)27-32-29(38)40-34-27/h12-15,17-19H,6-11H2,1-3H3,(H,32,34,38). The molecule has 3 heterocycles. The zero-order valence-electron chi connectivity index (χ0n) is 22.5. The van der Waals surface area contributed by atoms with Crippen LogP contribution >= 0.6 is 15.9 Å². The fourth-order valence-corrected chi connectivity index (χ4v) is 5.79. The van der Waals surface area contributed by atoms with E-state index in [-0.39, 0.29) is 17.9 Å². The van der Waals surface area contributed by atoms with Crippen molar-refractivity contribution in [3.8, 4) is 17.7 Å². The van der Waals surface area contributed by atoms with Gasteiger partial charge in [-0.3, -0.25) is 23.9 Å². The number of aromatic nitrogens is 5. The Hall–Kier alpha value is -3.91. The summed E-state index contributed by atoms with van der Waals surface area (Å²) >= 11 is 3.66. The predicted octanol–water partition coefficient (Wildman–Crippen LogP) is 5.39. The predicted molar refractivity (Wildman–Crippen MR) is 153 cm³/mol. The molecule has 0 spiro atoms. The van der Waals surface area contributed by atoms with Gasteiger partial charge in [0, 0.05) is 17.4 Å². The fraction of sp³-hybridized carbons (Fsp3) is 0.414. The van der Waals surface area contributed by atoms with Gasteiger partial charge in [0.25, 0.3) is 5.88 Å². The number of hydrogen-bond donors (Lipinski definition) is 1. The molecule has 0 aliphatic heterocycles. The molecule has 0 unspecified atom stereocenters. The lowest BCUT2D eigenvalue weighted by Crippen LogP contribution is -2.26. The van der Waals surface area contributed by atoms with Gasteiger partial charge in [-0.25, -0.2) is 9.78 Å². The van der Waals surface area contributed by atoms with Gasteiger partial charge in [-0.1, -0.05) is 27.0 Å². The summed E-state index contributed by atoms with van der Waals surface area (Å²) in [5, 5.41) is 8.47. The number of pyridine rings is 1. The normalized spacial score (nSPS) is 18.8. The van der Waals surface area contributed by atoms with E-state index in [1.807, 2.05) is 32.2 Å². The maximum atomic E-state index is 13.4. The van der Waals surface area contributed by atoms with Crippen LogP contribution in [0.15, 0.2) is 38.1 Å². The van der Waals surface area contributed by atoms with Crippen molar-refractivity contribution in [2.75, 3.05) is 4.90 Å². The highest BCUT2D eigenvalue weighted by molar-refractivity contribution is 9.10.